The third-order valence-electron chi connectivity index (χ3n) is 9.37. The number of hydrogen-bond acceptors (Lipinski definition) is 3. The lowest BCUT2D eigenvalue weighted by Gasteiger charge is -2.14. The Morgan fingerprint density at radius 3 is 2.00 bits per heavy atom. The minimum absolute atomic E-state index is 0.932. The van der Waals surface area contributed by atoms with Gasteiger partial charge in [-0.3, -0.25) is 4.57 Å². The van der Waals surface area contributed by atoms with E-state index in [1.165, 1.54) is 36.3 Å². The van der Waals surface area contributed by atoms with Crippen molar-refractivity contribution in [2.75, 3.05) is 0 Å². The number of aromatic nitrogens is 3. The van der Waals surface area contributed by atoms with Gasteiger partial charge in [-0.25, -0.2) is 9.97 Å². The first-order valence-electron chi connectivity index (χ1n) is 16.2. The number of fused-ring (bicyclic) bond motifs is 8. The van der Waals surface area contributed by atoms with Crippen molar-refractivity contribution in [1.29, 1.82) is 0 Å². The van der Waals surface area contributed by atoms with Crippen LogP contribution in [0, 0.1) is 0 Å². The smallest absolute Gasteiger partial charge is 0.145 e. The highest BCUT2D eigenvalue weighted by Gasteiger charge is 2.18. The molecule has 48 heavy (non-hydrogen) atoms. The fourth-order valence-electron chi connectivity index (χ4n) is 7.18. The summed E-state index contributed by atoms with van der Waals surface area (Å²) in [5.74, 6) is 0.932. The van der Waals surface area contributed by atoms with E-state index < -0.39 is 0 Å². The maximum Gasteiger partial charge on any atom is 0.145 e. The summed E-state index contributed by atoms with van der Waals surface area (Å²) >= 11 is 1.88. The van der Waals surface area contributed by atoms with Crippen molar-refractivity contribution in [1.82, 2.24) is 14.5 Å². The van der Waals surface area contributed by atoms with E-state index in [4.69, 9.17) is 9.97 Å². The topological polar surface area (TPSA) is 30.7 Å². The number of pyridine rings is 1. The van der Waals surface area contributed by atoms with Crippen LogP contribution in [-0.2, 0) is 0 Å². The van der Waals surface area contributed by atoms with Crippen molar-refractivity contribution >= 4 is 64.2 Å². The van der Waals surface area contributed by atoms with E-state index in [0.29, 0.717) is 0 Å². The van der Waals surface area contributed by atoms with Gasteiger partial charge in [0.25, 0.3) is 0 Å². The molecule has 0 saturated heterocycles. The summed E-state index contributed by atoms with van der Waals surface area (Å²) in [5.41, 5.74) is 9.63. The zero-order chi connectivity index (χ0) is 31.6. The number of imidazole rings is 1. The lowest BCUT2D eigenvalue weighted by Crippen LogP contribution is -1.98. The molecule has 0 unspecified atom stereocenters. The van der Waals surface area contributed by atoms with Crippen LogP contribution in [0.2, 0.25) is 0 Å². The van der Waals surface area contributed by atoms with E-state index in [1.807, 2.05) is 23.5 Å². The predicted molar refractivity (Wildman–Crippen MR) is 203 cm³/mol. The molecule has 3 aromatic heterocycles. The molecule has 10 aromatic rings. The second-order valence-corrected chi connectivity index (χ2v) is 13.2. The predicted octanol–water partition coefficient (Wildman–Crippen LogP) is 12.1. The van der Waals surface area contributed by atoms with Crippen LogP contribution in [0.15, 0.2) is 164 Å². The van der Waals surface area contributed by atoms with Gasteiger partial charge in [0.1, 0.15) is 5.82 Å². The Balaban J connectivity index is 1.16. The Morgan fingerprint density at radius 1 is 0.438 bits per heavy atom. The van der Waals surface area contributed by atoms with E-state index in [0.717, 1.165) is 56.0 Å². The first-order chi connectivity index (χ1) is 23.8. The number of hydrogen-bond donors (Lipinski definition) is 0. The average Bonchev–Trinajstić information content (AvgIpc) is 3.74. The number of benzene rings is 7. The highest BCUT2D eigenvalue weighted by molar-refractivity contribution is 7.26. The van der Waals surface area contributed by atoms with Gasteiger partial charge in [-0.1, -0.05) is 121 Å². The first-order valence-corrected chi connectivity index (χ1v) is 17.0. The normalized spacial score (nSPS) is 11.8. The Hall–Kier alpha value is -6.10. The molecule has 0 radical (unpaired) electrons. The minimum Gasteiger partial charge on any atom is -0.292 e. The Bertz CT molecular complexity index is 2840. The molecule has 0 aliphatic heterocycles. The van der Waals surface area contributed by atoms with Crippen molar-refractivity contribution in [2.45, 2.75) is 0 Å². The zero-order valence-electron chi connectivity index (χ0n) is 25.8. The standard InChI is InChI=1S/C44H27N3S/c1-2-12-28(13-3-1)44-46-38-21-7-8-22-39(38)47(44)32-17-11-15-30(27-32)29-14-10-16-31(26-29)42-36-25-24-34-33-18-5-9-23-40(33)48-43(34)41(36)35-19-4-6-20-37(35)45-42/h1-27H. The van der Waals surface area contributed by atoms with Crippen LogP contribution in [0.1, 0.15) is 0 Å². The van der Waals surface area contributed by atoms with Crippen molar-refractivity contribution in [2.24, 2.45) is 0 Å². The van der Waals surface area contributed by atoms with Crippen LogP contribution in [-0.4, -0.2) is 14.5 Å². The second kappa shape index (κ2) is 10.7. The van der Waals surface area contributed by atoms with Crippen LogP contribution < -0.4 is 0 Å². The molecule has 0 saturated carbocycles. The molecule has 0 N–H and O–H groups in total. The summed E-state index contributed by atoms with van der Waals surface area (Å²) in [7, 11) is 0. The molecule has 224 valence electrons. The van der Waals surface area contributed by atoms with Gasteiger partial charge in [0.15, 0.2) is 0 Å². The number of rotatable bonds is 4. The van der Waals surface area contributed by atoms with Crippen molar-refractivity contribution in [3.8, 4) is 39.5 Å². The lowest BCUT2D eigenvalue weighted by atomic mass is 9.96. The fourth-order valence-corrected chi connectivity index (χ4v) is 8.44. The summed E-state index contributed by atoms with van der Waals surface area (Å²) in [4.78, 5) is 10.4. The molecule has 10 rings (SSSR count). The average molecular weight is 630 g/mol. The van der Waals surface area contributed by atoms with Crippen molar-refractivity contribution < 1.29 is 0 Å². The van der Waals surface area contributed by atoms with E-state index in [1.54, 1.807) is 0 Å². The maximum absolute atomic E-state index is 5.30. The van der Waals surface area contributed by atoms with Gasteiger partial charge in [0.05, 0.1) is 22.2 Å². The van der Waals surface area contributed by atoms with Crippen LogP contribution in [0.3, 0.4) is 0 Å². The molecule has 7 aromatic carbocycles. The lowest BCUT2D eigenvalue weighted by molar-refractivity contribution is 1.10. The second-order valence-electron chi connectivity index (χ2n) is 12.2. The molecule has 0 atom stereocenters. The summed E-state index contributed by atoms with van der Waals surface area (Å²) in [6.45, 7) is 0. The number of thiophene rings is 1. The molecular formula is C44H27N3S. The van der Waals surface area contributed by atoms with E-state index >= 15 is 0 Å². The van der Waals surface area contributed by atoms with Gasteiger partial charge >= 0.3 is 0 Å². The summed E-state index contributed by atoms with van der Waals surface area (Å²) < 4.78 is 4.90. The van der Waals surface area contributed by atoms with E-state index in [-0.39, 0.29) is 0 Å². The van der Waals surface area contributed by atoms with Gasteiger partial charge in [-0.05, 0) is 53.6 Å². The van der Waals surface area contributed by atoms with Gasteiger partial charge in [0.2, 0.25) is 0 Å². The Kier molecular flexibility index (Phi) is 6.05. The van der Waals surface area contributed by atoms with Crippen molar-refractivity contribution in [3.63, 3.8) is 0 Å². The highest BCUT2D eigenvalue weighted by atomic mass is 32.1. The molecule has 0 bridgehead atoms. The minimum atomic E-state index is 0.932. The third-order valence-corrected chi connectivity index (χ3v) is 10.6. The molecule has 0 aliphatic rings. The molecule has 3 heterocycles. The number of nitrogens with zero attached hydrogens (tertiary/aromatic N) is 3. The zero-order valence-corrected chi connectivity index (χ0v) is 26.7. The molecule has 3 nitrogen and oxygen atoms in total. The molecular weight excluding hydrogens is 603 g/mol. The SMILES string of the molecule is c1ccc(-c2nc3ccccc3n2-c2cccc(-c3cccc(-c4nc5ccccc5c5c4ccc4c6ccccc6sc45)c3)c2)cc1. The maximum atomic E-state index is 5.30. The largest absolute Gasteiger partial charge is 0.292 e. The van der Waals surface area contributed by atoms with Crippen molar-refractivity contribution in [3.05, 3.63) is 164 Å². The van der Waals surface area contributed by atoms with Crippen LogP contribution >= 0.6 is 11.3 Å². The van der Waals surface area contributed by atoms with E-state index in [2.05, 4.69) is 156 Å². The fraction of sp³-hybridized carbons (Fsp3) is 0. The van der Waals surface area contributed by atoms with Crippen LogP contribution in [0.25, 0.3) is 92.3 Å². The summed E-state index contributed by atoms with van der Waals surface area (Å²) in [6, 6.07) is 58.2. The third kappa shape index (κ3) is 4.20. The van der Waals surface area contributed by atoms with Crippen LogP contribution in [0.5, 0.6) is 0 Å². The molecule has 0 fully saturated rings. The molecule has 0 spiro atoms. The quantitative estimate of drug-likeness (QED) is 0.181. The number of para-hydroxylation sites is 3. The summed E-state index contributed by atoms with van der Waals surface area (Å²) in [5, 5.41) is 6.26. The first kappa shape index (κ1) is 27.1. The van der Waals surface area contributed by atoms with Gasteiger partial charge in [-0.15, -0.1) is 11.3 Å². The Labute approximate surface area is 281 Å². The highest BCUT2D eigenvalue weighted by Crippen LogP contribution is 2.43. The van der Waals surface area contributed by atoms with Gasteiger partial charge in [-0.2, -0.15) is 0 Å². The van der Waals surface area contributed by atoms with Crippen LogP contribution in [0.4, 0.5) is 0 Å². The molecule has 4 heteroatoms. The molecule has 0 aliphatic carbocycles. The Morgan fingerprint density at radius 2 is 1.10 bits per heavy atom. The summed E-state index contributed by atoms with van der Waals surface area (Å²) in [6.07, 6.45) is 0. The van der Waals surface area contributed by atoms with Gasteiger partial charge < -0.3 is 0 Å². The molecule has 0 amide bonds. The van der Waals surface area contributed by atoms with Gasteiger partial charge in [0, 0.05) is 53.1 Å². The monoisotopic (exact) mass is 629 g/mol. The van der Waals surface area contributed by atoms with E-state index in [9.17, 15) is 0 Å².